The van der Waals surface area contributed by atoms with E-state index in [0.717, 1.165) is 0 Å². The van der Waals surface area contributed by atoms with E-state index in [-0.39, 0.29) is 31.3 Å². The highest BCUT2D eigenvalue weighted by molar-refractivity contribution is 5.98. The Kier molecular flexibility index (Phi) is 18.6. The van der Waals surface area contributed by atoms with E-state index in [2.05, 4.69) is 26.3 Å². The molecule has 0 heterocycles. The van der Waals surface area contributed by atoms with Crippen LogP contribution in [0.25, 0.3) is 0 Å². The summed E-state index contributed by atoms with van der Waals surface area (Å²) in [5, 5.41) is 30.4. The normalized spacial score (nSPS) is 14.6. The predicted octanol–water partition coefficient (Wildman–Crippen LogP) is -8.33. The number of nitrogens with one attached hydrogen (secondary N) is 5. The Hall–Kier alpha value is -5.09. The molecule has 0 saturated heterocycles. The van der Waals surface area contributed by atoms with Gasteiger partial charge < -0.3 is 71.2 Å². The minimum Gasteiger partial charge on any atom is -0.394 e. The average molecular weight is 675 g/mol. The van der Waals surface area contributed by atoms with E-state index in [1.807, 2.05) is 5.32 Å². The fourth-order valence-corrected chi connectivity index (χ4v) is 3.65. The number of rotatable bonds is 22. The second-order valence-electron chi connectivity index (χ2n) is 10.6. The van der Waals surface area contributed by atoms with Crippen LogP contribution in [0, 0.1) is 5.92 Å². The van der Waals surface area contributed by atoms with Gasteiger partial charge in [0.25, 0.3) is 0 Å². The van der Waals surface area contributed by atoms with Gasteiger partial charge in [-0.2, -0.15) is 0 Å². The molecule has 0 aromatic heterocycles. The Labute approximate surface area is 269 Å². The first-order valence-corrected chi connectivity index (χ1v) is 14.2. The summed E-state index contributed by atoms with van der Waals surface area (Å²) in [6, 6.07) is -9.13. The number of carbonyl (C=O) groups is 8. The number of primary amides is 3. The topological polar surface area (TPSA) is 406 Å². The van der Waals surface area contributed by atoms with E-state index < -0.39 is 110 Å². The summed E-state index contributed by atoms with van der Waals surface area (Å²) >= 11 is 0. The van der Waals surface area contributed by atoms with Gasteiger partial charge in [-0.25, -0.2) is 0 Å². The highest BCUT2D eigenvalue weighted by Crippen LogP contribution is 2.04. The van der Waals surface area contributed by atoms with E-state index in [9.17, 15) is 48.6 Å². The van der Waals surface area contributed by atoms with Crippen LogP contribution in [0.1, 0.15) is 39.5 Å². The molecule has 0 rings (SSSR count). The standard InChI is InChI=1S/C25H46N12O10/c1-10(2)18(28)24(47)33-11(4-3-5-32-25(30)31)20(43)36-15(9-39)23(46)37-14(8-38)22(45)35-13(7-17(27)41)21(44)34-12(19(29)42)6-16(26)40/h10-15,18,38-39H,3-9,28H2,1-2H3,(H2,26,40)(H2,27,41)(H2,29,42)(H,33,47)(H,34,44)(H,35,45)(H,36,43)(H,37,46)(H4,30,31,32)/t11-,12-,13-,14-,15-,18-/m0/s1. The second kappa shape index (κ2) is 20.8. The highest BCUT2D eigenvalue weighted by atomic mass is 16.3. The number of guanidine groups is 1. The van der Waals surface area contributed by atoms with Gasteiger partial charge in [-0.1, -0.05) is 13.8 Å². The third-order valence-corrected chi connectivity index (χ3v) is 6.33. The first-order chi connectivity index (χ1) is 21.8. The number of aliphatic hydroxyl groups is 2. The molecule has 0 bridgehead atoms. The predicted molar refractivity (Wildman–Crippen MR) is 163 cm³/mol. The molecule has 22 heteroatoms. The van der Waals surface area contributed by atoms with Gasteiger partial charge in [0.2, 0.25) is 47.3 Å². The lowest BCUT2D eigenvalue weighted by Gasteiger charge is -2.26. The molecule has 0 radical (unpaired) electrons. The third-order valence-electron chi connectivity index (χ3n) is 6.33. The average Bonchev–Trinajstić information content (AvgIpc) is 2.97. The van der Waals surface area contributed by atoms with Gasteiger partial charge in [0, 0.05) is 6.54 Å². The van der Waals surface area contributed by atoms with E-state index in [1.54, 1.807) is 13.8 Å². The van der Waals surface area contributed by atoms with Gasteiger partial charge in [0.1, 0.15) is 30.2 Å². The van der Waals surface area contributed by atoms with Crippen molar-refractivity contribution in [3.05, 3.63) is 0 Å². The number of nitrogens with zero attached hydrogens (tertiary/aromatic N) is 1. The molecule has 0 spiro atoms. The minimum absolute atomic E-state index is 0.0139. The lowest BCUT2D eigenvalue weighted by Crippen LogP contribution is -2.61. The minimum atomic E-state index is -1.81. The van der Waals surface area contributed by atoms with Crippen molar-refractivity contribution in [2.75, 3.05) is 19.8 Å². The summed E-state index contributed by atoms with van der Waals surface area (Å²) in [4.78, 5) is 102. The Morgan fingerprint density at radius 2 is 0.979 bits per heavy atom. The van der Waals surface area contributed by atoms with Crippen LogP contribution in [0.15, 0.2) is 4.99 Å². The smallest absolute Gasteiger partial charge is 0.245 e. The van der Waals surface area contributed by atoms with Crippen LogP contribution in [0.5, 0.6) is 0 Å². The molecular weight excluding hydrogens is 628 g/mol. The quantitative estimate of drug-likeness (QED) is 0.0288. The van der Waals surface area contributed by atoms with Gasteiger partial charge in [-0.05, 0) is 18.8 Å². The first-order valence-electron chi connectivity index (χ1n) is 14.2. The summed E-state index contributed by atoms with van der Waals surface area (Å²) in [6.45, 7) is 1.39. The molecule has 0 unspecified atom stereocenters. The molecule has 0 aliphatic rings. The molecule has 0 aromatic carbocycles. The number of hydrogen-bond acceptors (Lipinski definition) is 12. The monoisotopic (exact) mass is 674 g/mol. The number of carbonyl (C=O) groups excluding carboxylic acids is 8. The van der Waals surface area contributed by atoms with Crippen molar-refractivity contribution in [2.24, 2.45) is 45.3 Å². The molecule has 8 amide bonds. The largest absolute Gasteiger partial charge is 0.394 e. The van der Waals surface area contributed by atoms with Crippen LogP contribution in [0.3, 0.4) is 0 Å². The van der Waals surface area contributed by atoms with Crippen molar-refractivity contribution in [1.29, 1.82) is 0 Å². The summed E-state index contributed by atoms with van der Waals surface area (Å²) in [5.74, 6) is -8.91. The number of amides is 8. The van der Waals surface area contributed by atoms with Crippen molar-refractivity contribution in [1.82, 2.24) is 26.6 Å². The molecule has 6 atom stereocenters. The fourth-order valence-electron chi connectivity index (χ4n) is 3.65. The maximum Gasteiger partial charge on any atom is 0.245 e. The van der Waals surface area contributed by atoms with Crippen LogP contribution < -0.4 is 61.0 Å². The molecule has 47 heavy (non-hydrogen) atoms. The zero-order chi connectivity index (χ0) is 36.4. The molecule has 266 valence electrons. The van der Waals surface area contributed by atoms with Crippen molar-refractivity contribution < 1.29 is 48.6 Å². The van der Waals surface area contributed by atoms with Crippen LogP contribution in [0.2, 0.25) is 0 Å². The van der Waals surface area contributed by atoms with Gasteiger partial charge in [-0.15, -0.1) is 0 Å². The van der Waals surface area contributed by atoms with Crippen LogP contribution >= 0.6 is 0 Å². The molecule has 0 aliphatic carbocycles. The Bertz CT molecular complexity index is 1180. The molecule has 19 N–H and O–H groups in total. The maximum atomic E-state index is 13.1. The second-order valence-corrected chi connectivity index (χ2v) is 10.6. The molecule has 0 aromatic rings. The molecule has 22 nitrogen and oxygen atoms in total. The SMILES string of the molecule is CC(C)[C@H](N)C(=O)N[C@@H](CCCN=C(N)N)C(=O)N[C@@H](CO)C(=O)N[C@@H](CO)C(=O)N[C@@H](CC(N)=O)C(=O)N[C@@H](CC(N)=O)C(N)=O. The van der Waals surface area contributed by atoms with Gasteiger partial charge in [0.15, 0.2) is 5.96 Å². The summed E-state index contributed by atoms with van der Waals surface area (Å²) in [5.41, 5.74) is 31.7. The first kappa shape index (κ1) is 41.9. The van der Waals surface area contributed by atoms with Crippen molar-refractivity contribution >= 4 is 53.2 Å². The molecule has 0 saturated carbocycles. The Morgan fingerprint density at radius 3 is 1.38 bits per heavy atom. The van der Waals surface area contributed by atoms with Crippen LogP contribution in [-0.4, -0.2) is 119 Å². The number of nitrogens with two attached hydrogens (primary N) is 6. The number of hydrogen-bond donors (Lipinski definition) is 13. The van der Waals surface area contributed by atoms with E-state index >= 15 is 0 Å². The van der Waals surface area contributed by atoms with E-state index in [4.69, 9.17) is 34.4 Å². The van der Waals surface area contributed by atoms with Crippen LogP contribution in [-0.2, 0) is 38.4 Å². The summed E-state index contributed by atoms with van der Waals surface area (Å²) < 4.78 is 0. The van der Waals surface area contributed by atoms with Gasteiger partial charge in [-0.3, -0.25) is 43.3 Å². The lowest BCUT2D eigenvalue weighted by atomic mass is 10.0. The molecule has 0 fully saturated rings. The number of aliphatic imine (C=N–C) groups is 1. The summed E-state index contributed by atoms with van der Waals surface area (Å²) in [6.07, 6.45) is -1.33. The fraction of sp³-hybridized carbons (Fsp3) is 0.640. The van der Waals surface area contributed by atoms with Crippen molar-refractivity contribution in [3.63, 3.8) is 0 Å². The van der Waals surface area contributed by atoms with Crippen molar-refractivity contribution in [3.8, 4) is 0 Å². The lowest BCUT2D eigenvalue weighted by molar-refractivity contribution is -0.137. The third kappa shape index (κ3) is 16.2. The highest BCUT2D eigenvalue weighted by Gasteiger charge is 2.33. The summed E-state index contributed by atoms with van der Waals surface area (Å²) in [7, 11) is 0. The maximum absolute atomic E-state index is 13.1. The van der Waals surface area contributed by atoms with E-state index in [0.29, 0.717) is 0 Å². The zero-order valence-electron chi connectivity index (χ0n) is 26.1. The van der Waals surface area contributed by atoms with E-state index in [1.165, 1.54) is 0 Å². The van der Waals surface area contributed by atoms with Gasteiger partial charge >= 0.3 is 0 Å². The number of aliphatic hydroxyl groups excluding tert-OH is 2. The van der Waals surface area contributed by atoms with Crippen molar-refractivity contribution in [2.45, 2.75) is 75.8 Å². The molecular formula is C25H46N12O10. The molecule has 0 aliphatic heterocycles. The van der Waals surface area contributed by atoms with Crippen LogP contribution in [0.4, 0.5) is 0 Å². The Balaban J connectivity index is 5.75. The Morgan fingerprint density at radius 1 is 0.596 bits per heavy atom. The van der Waals surface area contributed by atoms with Gasteiger partial charge in [0.05, 0.1) is 32.1 Å². The zero-order valence-corrected chi connectivity index (χ0v) is 26.1.